The van der Waals surface area contributed by atoms with Gasteiger partial charge in [0.2, 0.25) is 0 Å². The third-order valence-electron chi connectivity index (χ3n) is 2.05. The molecule has 1 unspecified atom stereocenters. The molecule has 0 heterocycles. The van der Waals surface area contributed by atoms with Crippen LogP contribution in [0, 0.1) is 6.92 Å². The fourth-order valence-electron chi connectivity index (χ4n) is 1.39. The Balaban J connectivity index is 0.00000169. The van der Waals surface area contributed by atoms with E-state index >= 15 is 0 Å². The Bertz CT molecular complexity index is 223. The first-order valence-corrected chi connectivity index (χ1v) is 4.89. The summed E-state index contributed by atoms with van der Waals surface area (Å²) in [6.07, 6.45) is 2.06. The van der Waals surface area contributed by atoms with Gasteiger partial charge < -0.3 is 12.2 Å². The molecule has 0 amide bonds. The van der Waals surface area contributed by atoms with Gasteiger partial charge in [0.15, 0.2) is 0 Å². The summed E-state index contributed by atoms with van der Waals surface area (Å²) in [7, 11) is 0. The molecule has 0 aliphatic carbocycles. The summed E-state index contributed by atoms with van der Waals surface area (Å²) in [5, 5.41) is 3.42. The molecule has 1 atom stereocenters. The molecule has 0 spiro atoms. The van der Waals surface area contributed by atoms with Crippen molar-refractivity contribution in [3.05, 3.63) is 42.8 Å². The monoisotopic (exact) mass is 183 g/mol. The number of hydrogen-bond acceptors (Lipinski definition) is 1. The summed E-state index contributed by atoms with van der Waals surface area (Å²) in [5.41, 5.74) is 1.39. The summed E-state index contributed by atoms with van der Waals surface area (Å²) in [6.45, 7) is 7.02. The van der Waals surface area contributed by atoms with Crippen LogP contribution in [0.4, 0.5) is 0 Å². The largest absolute Gasteiger partial charge is 1.00 e. The van der Waals surface area contributed by atoms with Crippen LogP contribution >= 0.6 is 0 Å². The molecular formula is C12H18LiN. The maximum atomic E-state index is 3.80. The van der Waals surface area contributed by atoms with Crippen LogP contribution in [0.25, 0.3) is 0 Å². The van der Waals surface area contributed by atoms with Crippen LogP contribution in [0.2, 0.25) is 0 Å². The zero-order valence-corrected chi connectivity index (χ0v) is 9.29. The molecule has 1 N–H and O–H groups in total. The number of hydrogen-bond donors (Lipinski definition) is 1. The normalized spacial score (nSPS) is 11.9. The van der Waals surface area contributed by atoms with Crippen LogP contribution in [0.15, 0.2) is 30.3 Å². The van der Waals surface area contributed by atoms with Crippen molar-refractivity contribution in [3.8, 4) is 0 Å². The van der Waals surface area contributed by atoms with Crippen molar-refractivity contribution >= 4 is 0 Å². The predicted molar refractivity (Wildman–Crippen MR) is 57.6 cm³/mol. The summed E-state index contributed by atoms with van der Waals surface area (Å²) in [4.78, 5) is 0. The molecule has 0 saturated heterocycles. The summed E-state index contributed by atoms with van der Waals surface area (Å²) in [6, 6.07) is 11.1. The minimum atomic E-state index is 0. The molecule has 72 valence electrons. The van der Waals surface area contributed by atoms with Gasteiger partial charge in [-0.25, -0.2) is 0 Å². The third-order valence-corrected chi connectivity index (χ3v) is 2.05. The third kappa shape index (κ3) is 5.50. The van der Waals surface area contributed by atoms with Crippen molar-refractivity contribution in [1.29, 1.82) is 0 Å². The predicted octanol–water partition coefficient (Wildman–Crippen LogP) is -0.565. The van der Waals surface area contributed by atoms with Crippen molar-refractivity contribution in [3.63, 3.8) is 0 Å². The zero-order valence-electron chi connectivity index (χ0n) is 9.29. The fraction of sp³-hybridized carbons (Fsp3) is 0.417. The molecule has 1 aromatic rings. The zero-order chi connectivity index (χ0) is 9.52. The second kappa shape index (κ2) is 8.12. The quantitative estimate of drug-likeness (QED) is 0.476. The van der Waals surface area contributed by atoms with Gasteiger partial charge in [0.25, 0.3) is 0 Å². The number of rotatable bonds is 5. The molecule has 0 radical (unpaired) electrons. The Kier molecular flexibility index (Phi) is 7.99. The molecule has 0 fully saturated rings. The van der Waals surface area contributed by atoms with Gasteiger partial charge in [-0.2, -0.15) is 6.42 Å². The summed E-state index contributed by atoms with van der Waals surface area (Å²) >= 11 is 0. The molecule has 1 nitrogen and oxygen atoms in total. The fourth-order valence-corrected chi connectivity index (χ4v) is 1.39. The molecular weight excluding hydrogens is 165 g/mol. The average Bonchev–Trinajstić information content (AvgIpc) is 2.16. The van der Waals surface area contributed by atoms with Crippen molar-refractivity contribution in [2.45, 2.75) is 25.8 Å². The minimum Gasteiger partial charge on any atom is -0.342 e. The van der Waals surface area contributed by atoms with E-state index in [0.717, 1.165) is 19.4 Å². The van der Waals surface area contributed by atoms with Gasteiger partial charge in [-0.05, 0) is 25.5 Å². The number of nitrogens with one attached hydrogen (secondary N) is 1. The first-order chi connectivity index (χ1) is 6.33. The van der Waals surface area contributed by atoms with Gasteiger partial charge in [-0.3, -0.25) is 0 Å². The Hall–Kier alpha value is -0.223. The molecule has 0 aliphatic rings. The number of benzene rings is 1. The van der Waals surface area contributed by atoms with Crippen molar-refractivity contribution < 1.29 is 18.9 Å². The van der Waals surface area contributed by atoms with E-state index in [1.165, 1.54) is 5.56 Å². The van der Waals surface area contributed by atoms with Gasteiger partial charge in [0.05, 0.1) is 0 Å². The van der Waals surface area contributed by atoms with Crippen molar-refractivity contribution in [2.75, 3.05) is 6.54 Å². The molecule has 1 rings (SSSR count). The average molecular weight is 183 g/mol. The van der Waals surface area contributed by atoms with Crippen LogP contribution in [0.1, 0.15) is 18.9 Å². The smallest absolute Gasteiger partial charge is 0.342 e. The molecule has 0 aromatic heterocycles. The molecule has 0 saturated carbocycles. The Morgan fingerprint density at radius 3 is 2.50 bits per heavy atom. The van der Waals surface area contributed by atoms with Crippen LogP contribution < -0.4 is 24.2 Å². The topological polar surface area (TPSA) is 12.0 Å². The Labute approximate surface area is 99.5 Å². The molecule has 0 aliphatic heterocycles. The van der Waals surface area contributed by atoms with Gasteiger partial charge in [0, 0.05) is 6.04 Å². The van der Waals surface area contributed by atoms with Gasteiger partial charge in [0.1, 0.15) is 0 Å². The molecule has 1 aromatic carbocycles. The first-order valence-electron chi connectivity index (χ1n) is 4.89. The molecule has 0 bridgehead atoms. The van der Waals surface area contributed by atoms with Crippen molar-refractivity contribution in [2.24, 2.45) is 0 Å². The van der Waals surface area contributed by atoms with Gasteiger partial charge in [-0.1, -0.05) is 30.3 Å². The van der Waals surface area contributed by atoms with Gasteiger partial charge in [-0.15, -0.1) is 0 Å². The van der Waals surface area contributed by atoms with E-state index in [0.29, 0.717) is 6.04 Å². The van der Waals surface area contributed by atoms with Crippen LogP contribution in [-0.4, -0.2) is 12.6 Å². The summed E-state index contributed by atoms with van der Waals surface area (Å²) < 4.78 is 0. The van der Waals surface area contributed by atoms with E-state index in [2.05, 4.69) is 49.5 Å². The van der Waals surface area contributed by atoms with Crippen LogP contribution in [0.5, 0.6) is 0 Å². The first kappa shape index (κ1) is 13.8. The van der Waals surface area contributed by atoms with E-state index in [-0.39, 0.29) is 18.9 Å². The summed E-state index contributed by atoms with van der Waals surface area (Å²) in [5.74, 6) is 0. The molecule has 2 heteroatoms. The van der Waals surface area contributed by atoms with E-state index in [9.17, 15) is 0 Å². The second-order valence-electron chi connectivity index (χ2n) is 3.40. The maximum absolute atomic E-state index is 3.80. The van der Waals surface area contributed by atoms with Gasteiger partial charge >= 0.3 is 18.9 Å². The second-order valence-corrected chi connectivity index (χ2v) is 3.40. The minimum absolute atomic E-state index is 0. The van der Waals surface area contributed by atoms with E-state index in [1.54, 1.807) is 0 Å². The standard InChI is InChI=1S/C12H18N.Li/c1-3-9-13-11(2)10-12-7-5-4-6-8-12;/h4-8,11,13H,1,3,9-10H2,2H3;/q-1;+1. The Morgan fingerprint density at radius 2 is 1.93 bits per heavy atom. The maximum Gasteiger partial charge on any atom is 1.00 e. The van der Waals surface area contributed by atoms with Crippen LogP contribution in [0.3, 0.4) is 0 Å². The molecule has 14 heavy (non-hydrogen) atoms. The van der Waals surface area contributed by atoms with Crippen LogP contribution in [-0.2, 0) is 6.42 Å². The van der Waals surface area contributed by atoms with E-state index in [1.807, 2.05) is 0 Å². The Morgan fingerprint density at radius 1 is 1.29 bits per heavy atom. The van der Waals surface area contributed by atoms with Crippen molar-refractivity contribution in [1.82, 2.24) is 5.32 Å². The SMILES string of the molecule is [CH2-]CCNC(C)Cc1ccccc1.[Li+]. The van der Waals surface area contributed by atoms with E-state index in [4.69, 9.17) is 0 Å². The van der Waals surface area contributed by atoms with E-state index < -0.39 is 0 Å².